The van der Waals surface area contributed by atoms with E-state index in [1.165, 1.54) is 154 Å². The summed E-state index contributed by atoms with van der Waals surface area (Å²) in [6.45, 7) is 4.31. The van der Waals surface area contributed by atoms with Gasteiger partial charge >= 0.3 is 37.9 Å². The third-order valence-corrected chi connectivity index (χ3v) is 12.3. The van der Waals surface area contributed by atoms with Crippen molar-refractivity contribution in [2.24, 2.45) is 11.8 Å². The van der Waals surface area contributed by atoms with Gasteiger partial charge in [-0.1, -0.05) is 185 Å². The van der Waals surface area contributed by atoms with Crippen molar-refractivity contribution in [2.75, 3.05) is 0 Å². The maximum atomic E-state index is 4.93. The van der Waals surface area contributed by atoms with Crippen LogP contribution in [-0.4, -0.2) is 9.52 Å². The van der Waals surface area contributed by atoms with Crippen LogP contribution in [0.1, 0.15) is 75.3 Å². The van der Waals surface area contributed by atoms with Crippen LogP contribution in [0.4, 0.5) is 0 Å². The minimum atomic E-state index is -0.826. The number of halogens is 2. The van der Waals surface area contributed by atoms with Crippen LogP contribution in [-0.2, 0) is 33.7 Å². The average molecular weight is 895 g/mol. The Labute approximate surface area is 368 Å². The first-order valence-electron chi connectivity index (χ1n) is 21.5. The molecule has 2 aliphatic rings. The van der Waals surface area contributed by atoms with Crippen molar-refractivity contribution in [3.8, 4) is 22.3 Å². The van der Waals surface area contributed by atoms with Gasteiger partial charge in [0.1, 0.15) is 0 Å². The Morgan fingerprint density at radius 3 is 1.19 bits per heavy atom. The minimum absolute atomic E-state index is 0.826. The number of hydrogen-bond acceptors (Lipinski definition) is 0. The van der Waals surface area contributed by atoms with Crippen LogP contribution in [0.3, 0.4) is 0 Å². The molecule has 2 aliphatic carbocycles. The zero-order valence-corrected chi connectivity index (χ0v) is 39.2. The van der Waals surface area contributed by atoms with Gasteiger partial charge < -0.3 is 0 Å². The van der Waals surface area contributed by atoms with Gasteiger partial charge in [-0.05, 0) is 57.3 Å². The maximum absolute atomic E-state index is 4.93. The zero-order valence-electron chi connectivity index (χ0n) is 34.3. The molecule has 294 valence electrons. The quantitative estimate of drug-likeness (QED) is 0.115. The second-order valence-electron chi connectivity index (χ2n) is 16.4. The first-order valence-corrected chi connectivity index (χ1v) is 29.8. The Morgan fingerprint density at radius 2 is 0.793 bits per heavy atom. The normalized spacial score (nSPS) is 14.6. The SMILES string of the molecule is C[Si]C.[Cl][Zr+2][Cl].c1ccc2c(-c3cccc4[cH-]c(CC5CCCCC5)cc34)cccc2c1.c1ccc2c(-c3cccc4[cH-]c(CC5CCCCC5)cc34)cccc2c1. The molecule has 0 nitrogen and oxygen atoms in total. The molecule has 10 rings (SSSR count). The second kappa shape index (κ2) is 21.8. The van der Waals surface area contributed by atoms with Crippen molar-refractivity contribution < 1.29 is 20.8 Å². The standard InChI is InChI=1S/2C26H25.C2H6Si.2ClH.Zr/c2*1-2-8-19(9-3-1)16-20-17-22-12-7-15-25(26(22)18-20)24-14-6-11-21-10-4-5-13-23(21)24;1-3-2;;;/h2*4-7,10-15,17-19H,1-3,8-9,16H2;1-2H3;2*1H;/q2*-1;;;;+4/p-2. The van der Waals surface area contributed by atoms with Gasteiger partial charge in [-0.3, -0.25) is 0 Å². The van der Waals surface area contributed by atoms with E-state index in [0.717, 1.165) is 21.4 Å². The van der Waals surface area contributed by atoms with Crippen molar-refractivity contribution in [3.63, 3.8) is 0 Å². The summed E-state index contributed by atoms with van der Waals surface area (Å²) in [5, 5.41) is 10.9. The molecule has 4 heteroatoms. The molecular formula is C54H56Cl2SiZr. The van der Waals surface area contributed by atoms with E-state index in [2.05, 4.69) is 159 Å². The largest absolute Gasteiger partial charge is 0.164 e. The van der Waals surface area contributed by atoms with E-state index in [1.54, 1.807) is 0 Å². The summed E-state index contributed by atoms with van der Waals surface area (Å²) in [6.07, 6.45) is 16.7. The molecule has 0 amide bonds. The van der Waals surface area contributed by atoms with E-state index in [1.807, 2.05) is 0 Å². The summed E-state index contributed by atoms with van der Waals surface area (Å²) in [6, 6.07) is 54.1. The molecule has 2 saturated carbocycles. The fraction of sp³-hybridized carbons (Fsp3) is 0.296. The summed E-state index contributed by atoms with van der Waals surface area (Å²) < 4.78 is 0. The monoisotopic (exact) mass is 892 g/mol. The van der Waals surface area contributed by atoms with E-state index < -0.39 is 20.8 Å². The Balaban J connectivity index is 0.000000156. The molecule has 2 radical (unpaired) electrons. The number of hydrogen-bond donors (Lipinski definition) is 0. The number of fused-ring (bicyclic) bond motifs is 4. The van der Waals surface area contributed by atoms with E-state index in [9.17, 15) is 0 Å². The van der Waals surface area contributed by atoms with Crippen LogP contribution in [0.2, 0.25) is 13.1 Å². The van der Waals surface area contributed by atoms with Gasteiger partial charge in [0.05, 0.1) is 0 Å². The van der Waals surface area contributed by atoms with Crippen LogP contribution < -0.4 is 0 Å². The Morgan fingerprint density at radius 1 is 0.466 bits per heavy atom. The minimum Gasteiger partial charge on any atom is -0.164 e. The summed E-state index contributed by atoms with van der Waals surface area (Å²) in [7, 11) is 11.0. The predicted octanol–water partition coefficient (Wildman–Crippen LogP) is 17.2. The van der Waals surface area contributed by atoms with E-state index in [-0.39, 0.29) is 0 Å². The first kappa shape index (κ1) is 42.8. The van der Waals surface area contributed by atoms with Crippen molar-refractivity contribution >= 4 is 69.6 Å². The van der Waals surface area contributed by atoms with Crippen molar-refractivity contribution in [2.45, 2.75) is 90.1 Å². The maximum Gasteiger partial charge on any atom is -0.0114 e. The topological polar surface area (TPSA) is 0 Å². The Bertz CT molecular complexity index is 2310. The molecule has 0 saturated heterocycles. The van der Waals surface area contributed by atoms with Gasteiger partial charge in [0, 0.05) is 9.52 Å². The Kier molecular flexibility index (Phi) is 16.1. The van der Waals surface area contributed by atoms with E-state index in [4.69, 9.17) is 17.0 Å². The predicted molar refractivity (Wildman–Crippen MR) is 255 cm³/mol. The van der Waals surface area contributed by atoms with Crippen LogP contribution in [0.25, 0.3) is 65.3 Å². The number of rotatable bonds is 6. The molecule has 58 heavy (non-hydrogen) atoms. The van der Waals surface area contributed by atoms with E-state index in [0.29, 0.717) is 0 Å². The smallest absolute Gasteiger partial charge is 0.0114 e. The molecule has 0 heterocycles. The van der Waals surface area contributed by atoms with Crippen LogP contribution in [0.5, 0.6) is 0 Å². The fourth-order valence-electron chi connectivity index (χ4n) is 9.67. The summed E-state index contributed by atoms with van der Waals surface area (Å²) in [5.74, 6) is 1.78. The van der Waals surface area contributed by atoms with Crippen LogP contribution >= 0.6 is 17.0 Å². The summed E-state index contributed by atoms with van der Waals surface area (Å²) >= 11 is -0.826. The molecule has 8 aromatic rings. The first-order chi connectivity index (χ1) is 28.6. The van der Waals surface area contributed by atoms with Crippen molar-refractivity contribution in [1.29, 1.82) is 0 Å². The molecule has 0 aliphatic heterocycles. The van der Waals surface area contributed by atoms with Gasteiger partial charge in [-0.2, -0.15) is 12.1 Å². The second-order valence-corrected chi connectivity index (χ2v) is 21.1. The molecular weight excluding hydrogens is 839 g/mol. The third kappa shape index (κ3) is 10.7. The Hall–Kier alpha value is -3.26. The molecule has 8 aromatic carbocycles. The van der Waals surface area contributed by atoms with Crippen LogP contribution in [0, 0.1) is 11.8 Å². The zero-order chi connectivity index (χ0) is 40.1. The molecule has 0 N–H and O–H groups in total. The molecule has 0 atom stereocenters. The summed E-state index contributed by atoms with van der Waals surface area (Å²) in [4.78, 5) is 0. The molecule has 0 bridgehead atoms. The fourth-order valence-corrected chi connectivity index (χ4v) is 9.67. The third-order valence-electron chi connectivity index (χ3n) is 12.3. The average Bonchev–Trinajstić information content (AvgIpc) is 3.88. The van der Waals surface area contributed by atoms with Gasteiger partial charge in [-0.15, -0.1) is 69.1 Å². The van der Waals surface area contributed by atoms with Crippen molar-refractivity contribution in [1.82, 2.24) is 0 Å². The van der Waals surface area contributed by atoms with Gasteiger partial charge in [0.15, 0.2) is 0 Å². The van der Waals surface area contributed by atoms with E-state index >= 15 is 0 Å². The summed E-state index contributed by atoms with van der Waals surface area (Å²) in [5.41, 5.74) is 8.49. The van der Waals surface area contributed by atoms with Crippen molar-refractivity contribution in [3.05, 3.63) is 157 Å². The van der Waals surface area contributed by atoms with Gasteiger partial charge in [-0.25, -0.2) is 0 Å². The van der Waals surface area contributed by atoms with Gasteiger partial charge in [0.2, 0.25) is 0 Å². The van der Waals surface area contributed by atoms with Gasteiger partial charge in [0.25, 0.3) is 0 Å². The van der Waals surface area contributed by atoms with Crippen LogP contribution in [0.15, 0.2) is 146 Å². The number of benzene rings is 6. The molecule has 2 fully saturated rings. The molecule has 0 spiro atoms. The molecule has 0 aromatic heterocycles. The molecule has 0 unspecified atom stereocenters.